The molecular weight excluding hydrogens is 272 g/mol. The number of nitrogens with zero attached hydrogens (tertiary/aromatic N) is 1. The molecule has 1 rings (SSSR count). The van der Waals surface area contributed by atoms with Gasteiger partial charge in [0.25, 0.3) is 0 Å². The van der Waals surface area contributed by atoms with E-state index in [0.29, 0.717) is 6.04 Å². The van der Waals surface area contributed by atoms with Crippen LogP contribution in [0.15, 0.2) is 15.9 Å². The van der Waals surface area contributed by atoms with E-state index in [4.69, 9.17) is 5.73 Å². The molecule has 1 heterocycles. The molecule has 2 N–H and O–H groups in total. The van der Waals surface area contributed by atoms with E-state index in [1.165, 1.54) is 8.66 Å². The molecule has 0 fully saturated rings. The minimum atomic E-state index is -0.134. The van der Waals surface area contributed by atoms with E-state index in [1.807, 2.05) is 0 Å². The summed E-state index contributed by atoms with van der Waals surface area (Å²) in [6.45, 7) is 4.15. The van der Waals surface area contributed by atoms with Gasteiger partial charge in [0, 0.05) is 16.5 Å². The fourth-order valence-corrected chi connectivity index (χ4v) is 3.16. The molecule has 0 spiro atoms. The molecule has 0 saturated heterocycles. The normalized spacial score (nSPS) is 14.6. The minimum Gasteiger partial charge on any atom is -0.325 e. The van der Waals surface area contributed by atoms with E-state index in [1.54, 1.807) is 11.3 Å². The average Bonchev–Trinajstić information content (AvgIpc) is 2.45. The van der Waals surface area contributed by atoms with Crippen LogP contribution in [0.1, 0.15) is 31.2 Å². The Morgan fingerprint density at radius 2 is 2.07 bits per heavy atom. The van der Waals surface area contributed by atoms with Crippen molar-refractivity contribution in [1.82, 2.24) is 4.90 Å². The van der Waals surface area contributed by atoms with Crippen molar-refractivity contribution in [3.8, 4) is 0 Å². The smallest absolute Gasteiger partial charge is 0.0701 e. The van der Waals surface area contributed by atoms with Gasteiger partial charge in [-0.15, -0.1) is 11.3 Å². The van der Waals surface area contributed by atoms with Crippen LogP contribution < -0.4 is 5.73 Å². The minimum absolute atomic E-state index is 0.134. The van der Waals surface area contributed by atoms with Gasteiger partial charge in [0.2, 0.25) is 0 Å². The topological polar surface area (TPSA) is 29.3 Å². The van der Waals surface area contributed by atoms with Crippen LogP contribution in [-0.2, 0) is 0 Å². The van der Waals surface area contributed by atoms with Gasteiger partial charge < -0.3 is 10.6 Å². The summed E-state index contributed by atoms with van der Waals surface area (Å²) in [5, 5.41) is 0. The number of halogens is 1. The van der Waals surface area contributed by atoms with Crippen LogP contribution in [0.25, 0.3) is 0 Å². The summed E-state index contributed by atoms with van der Waals surface area (Å²) in [4.78, 5) is 3.60. The molecule has 15 heavy (non-hydrogen) atoms. The molecule has 0 amide bonds. The number of nitrogens with two attached hydrogens (primary N) is 1. The van der Waals surface area contributed by atoms with Crippen molar-refractivity contribution >= 4 is 27.3 Å². The van der Waals surface area contributed by atoms with Gasteiger partial charge in [0.15, 0.2) is 0 Å². The molecule has 1 aromatic heterocycles. The maximum atomic E-state index is 6.08. The second kappa shape index (κ2) is 4.95. The molecule has 0 aliphatic rings. The van der Waals surface area contributed by atoms with Gasteiger partial charge in [-0.1, -0.05) is 0 Å². The Morgan fingerprint density at radius 3 is 2.40 bits per heavy atom. The van der Waals surface area contributed by atoms with Gasteiger partial charge in [0.05, 0.1) is 3.79 Å². The Morgan fingerprint density at radius 1 is 1.47 bits per heavy atom. The molecule has 0 aliphatic heterocycles. The summed E-state index contributed by atoms with van der Waals surface area (Å²) in [5.41, 5.74) is 5.95. The van der Waals surface area contributed by atoms with Crippen LogP contribution in [0.3, 0.4) is 0 Å². The second-order valence-corrected chi connectivity index (χ2v) is 7.31. The highest BCUT2D eigenvalue weighted by atomic mass is 79.9. The summed E-state index contributed by atoms with van der Waals surface area (Å²) >= 11 is 5.28. The van der Waals surface area contributed by atoms with E-state index in [9.17, 15) is 0 Å². The molecule has 1 atom stereocenters. The quantitative estimate of drug-likeness (QED) is 0.922. The largest absolute Gasteiger partial charge is 0.325 e. The summed E-state index contributed by atoms with van der Waals surface area (Å²) in [6, 6.07) is 4.67. The first-order valence-electron chi connectivity index (χ1n) is 5.00. The lowest BCUT2D eigenvalue weighted by molar-refractivity contribution is 0.246. The van der Waals surface area contributed by atoms with Gasteiger partial charge in [-0.05, 0) is 62.4 Å². The van der Waals surface area contributed by atoms with Crippen LogP contribution in [-0.4, -0.2) is 24.5 Å². The van der Waals surface area contributed by atoms with Crippen molar-refractivity contribution in [1.29, 1.82) is 0 Å². The highest BCUT2D eigenvalue weighted by Gasteiger charge is 2.23. The molecule has 0 radical (unpaired) electrons. The van der Waals surface area contributed by atoms with Crippen molar-refractivity contribution in [3.63, 3.8) is 0 Å². The van der Waals surface area contributed by atoms with Crippen molar-refractivity contribution in [2.45, 2.75) is 31.8 Å². The van der Waals surface area contributed by atoms with Crippen molar-refractivity contribution in [2.75, 3.05) is 14.1 Å². The number of hydrogen-bond donors (Lipinski definition) is 1. The SMILES string of the molecule is CN(C)C(CC(C)(C)N)c1ccc(Br)s1. The third kappa shape index (κ3) is 4.23. The lowest BCUT2D eigenvalue weighted by Gasteiger charge is -2.30. The number of rotatable bonds is 4. The highest BCUT2D eigenvalue weighted by molar-refractivity contribution is 9.11. The van der Waals surface area contributed by atoms with Crippen LogP contribution in [0, 0.1) is 0 Å². The predicted octanol–water partition coefficient (Wildman–Crippen LogP) is 3.24. The lowest BCUT2D eigenvalue weighted by Crippen LogP contribution is -2.37. The molecule has 1 aromatic rings. The van der Waals surface area contributed by atoms with E-state index in [0.717, 1.165) is 6.42 Å². The lowest BCUT2D eigenvalue weighted by atomic mass is 9.95. The maximum Gasteiger partial charge on any atom is 0.0701 e. The third-order valence-electron chi connectivity index (χ3n) is 2.27. The Labute approximate surface area is 105 Å². The van der Waals surface area contributed by atoms with Gasteiger partial charge >= 0.3 is 0 Å². The van der Waals surface area contributed by atoms with Crippen LogP contribution in [0.5, 0.6) is 0 Å². The summed E-state index contributed by atoms with van der Waals surface area (Å²) in [7, 11) is 4.20. The first-order valence-corrected chi connectivity index (χ1v) is 6.61. The Balaban J connectivity index is 2.84. The zero-order valence-corrected chi connectivity index (χ0v) is 12.2. The number of thiophene rings is 1. The third-order valence-corrected chi connectivity index (χ3v) is 3.99. The van der Waals surface area contributed by atoms with E-state index >= 15 is 0 Å². The summed E-state index contributed by atoms with van der Waals surface area (Å²) < 4.78 is 1.18. The van der Waals surface area contributed by atoms with Crippen LogP contribution in [0.4, 0.5) is 0 Å². The second-order valence-electron chi connectivity index (χ2n) is 4.81. The highest BCUT2D eigenvalue weighted by Crippen LogP contribution is 2.33. The monoisotopic (exact) mass is 290 g/mol. The zero-order chi connectivity index (χ0) is 11.6. The van der Waals surface area contributed by atoms with Crippen molar-refractivity contribution in [3.05, 3.63) is 20.8 Å². The molecule has 1 unspecified atom stereocenters. The zero-order valence-electron chi connectivity index (χ0n) is 9.75. The Bertz CT molecular complexity index is 315. The number of hydrogen-bond acceptors (Lipinski definition) is 3. The van der Waals surface area contributed by atoms with Crippen molar-refractivity contribution in [2.24, 2.45) is 5.73 Å². The van der Waals surface area contributed by atoms with Gasteiger partial charge in [-0.25, -0.2) is 0 Å². The van der Waals surface area contributed by atoms with Gasteiger partial charge in [-0.3, -0.25) is 0 Å². The molecule has 2 nitrogen and oxygen atoms in total. The molecular formula is C11H19BrN2S. The first kappa shape index (κ1) is 13.2. The maximum absolute atomic E-state index is 6.08. The average molecular weight is 291 g/mol. The molecule has 0 aliphatic carbocycles. The van der Waals surface area contributed by atoms with Gasteiger partial charge in [-0.2, -0.15) is 0 Å². The fourth-order valence-electron chi connectivity index (χ4n) is 1.54. The first-order chi connectivity index (χ1) is 6.79. The summed E-state index contributed by atoms with van der Waals surface area (Å²) in [5.74, 6) is 0. The Hall–Kier alpha value is 0.1000. The van der Waals surface area contributed by atoms with Gasteiger partial charge in [0.1, 0.15) is 0 Å². The summed E-state index contributed by atoms with van der Waals surface area (Å²) in [6.07, 6.45) is 0.965. The molecule has 0 bridgehead atoms. The predicted molar refractivity (Wildman–Crippen MR) is 71.3 cm³/mol. The van der Waals surface area contributed by atoms with Crippen LogP contribution >= 0.6 is 27.3 Å². The van der Waals surface area contributed by atoms with E-state index < -0.39 is 0 Å². The molecule has 0 aromatic carbocycles. The molecule has 86 valence electrons. The molecule has 4 heteroatoms. The fraction of sp³-hybridized carbons (Fsp3) is 0.636. The van der Waals surface area contributed by atoms with Crippen LogP contribution in [0.2, 0.25) is 0 Å². The standard InChI is InChI=1S/C11H19BrN2S/c1-11(2,13)7-8(14(3)4)9-5-6-10(12)15-9/h5-6,8H,7,13H2,1-4H3. The van der Waals surface area contributed by atoms with Crippen molar-refractivity contribution < 1.29 is 0 Å². The Kier molecular flexibility index (Phi) is 4.35. The van der Waals surface area contributed by atoms with E-state index in [-0.39, 0.29) is 5.54 Å². The van der Waals surface area contributed by atoms with E-state index in [2.05, 4.69) is 60.9 Å². The molecule has 0 saturated carbocycles.